The number of aliphatic carboxylic acids is 1. The third-order valence-electron chi connectivity index (χ3n) is 1.15. The van der Waals surface area contributed by atoms with E-state index in [9.17, 15) is 9.59 Å². The summed E-state index contributed by atoms with van der Waals surface area (Å²) in [7, 11) is 0. The van der Waals surface area contributed by atoms with E-state index in [2.05, 4.69) is 4.42 Å². The number of hydrogen-bond acceptors (Lipinski definition) is 3. The third-order valence-corrected chi connectivity index (χ3v) is 1.15. The Hall–Kier alpha value is -1.58. The molecule has 1 rings (SSSR count). The molecule has 0 spiro atoms. The minimum atomic E-state index is -0.741. The van der Waals surface area contributed by atoms with E-state index in [1.165, 1.54) is 6.26 Å². The molecule has 0 aliphatic rings. The van der Waals surface area contributed by atoms with Crippen molar-refractivity contribution in [1.82, 2.24) is 0 Å². The van der Waals surface area contributed by atoms with Crippen LogP contribution < -0.4 is 0 Å². The van der Waals surface area contributed by atoms with Crippen LogP contribution in [0.3, 0.4) is 0 Å². The van der Waals surface area contributed by atoms with Crippen LogP contribution in [0.4, 0.5) is 0 Å². The van der Waals surface area contributed by atoms with Crippen molar-refractivity contribution in [2.24, 2.45) is 5.92 Å². The van der Waals surface area contributed by atoms with Gasteiger partial charge < -0.3 is 9.52 Å². The van der Waals surface area contributed by atoms with Crippen LogP contribution in [0.25, 0.3) is 0 Å². The van der Waals surface area contributed by atoms with E-state index in [-0.39, 0.29) is 5.92 Å². The van der Waals surface area contributed by atoms with Crippen LogP contribution in [0.2, 0.25) is 0 Å². The Bertz CT molecular complexity index is 249. The van der Waals surface area contributed by atoms with Gasteiger partial charge in [0, 0.05) is 0 Å². The summed E-state index contributed by atoms with van der Waals surface area (Å²) in [5.74, 6) is -0.597. The van der Waals surface area contributed by atoms with Gasteiger partial charge in [-0.2, -0.15) is 0 Å². The van der Waals surface area contributed by atoms with E-state index >= 15 is 0 Å². The summed E-state index contributed by atoms with van der Waals surface area (Å²) < 4.78 is 4.61. The Balaban J connectivity index is 0.000000226. The lowest BCUT2D eigenvalue weighted by Crippen LogP contribution is -2.03. The molecule has 0 atom stereocenters. The molecular weight excluding hydrogens is 172 g/mol. The van der Waals surface area contributed by atoms with Crippen molar-refractivity contribution >= 4 is 12.3 Å². The van der Waals surface area contributed by atoms with Crippen LogP contribution in [0.15, 0.2) is 22.8 Å². The highest BCUT2D eigenvalue weighted by Crippen LogP contribution is 1.92. The highest BCUT2D eigenvalue weighted by Gasteiger charge is 1.99. The quantitative estimate of drug-likeness (QED) is 0.712. The molecule has 1 N–H and O–H groups in total. The van der Waals surface area contributed by atoms with E-state index in [1.54, 1.807) is 26.0 Å². The average molecular weight is 184 g/mol. The zero-order chi connectivity index (χ0) is 10.3. The molecule has 0 bridgehead atoms. The molecule has 0 aliphatic heterocycles. The molecule has 0 unspecified atom stereocenters. The predicted molar refractivity (Wildman–Crippen MR) is 46.6 cm³/mol. The van der Waals surface area contributed by atoms with Gasteiger partial charge in [-0.05, 0) is 12.1 Å². The average Bonchev–Trinajstić information content (AvgIpc) is 2.56. The van der Waals surface area contributed by atoms with E-state index in [0.717, 1.165) is 0 Å². The summed E-state index contributed by atoms with van der Waals surface area (Å²) in [5.41, 5.74) is 0. The lowest BCUT2D eigenvalue weighted by Gasteiger charge is -1.89. The smallest absolute Gasteiger partial charge is 0.305 e. The summed E-state index contributed by atoms with van der Waals surface area (Å²) in [6.45, 7) is 3.28. The molecule has 72 valence electrons. The van der Waals surface area contributed by atoms with Gasteiger partial charge >= 0.3 is 5.97 Å². The second-order valence-electron chi connectivity index (χ2n) is 2.63. The zero-order valence-electron chi connectivity index (χ0n) is 7.56. The van der Waals surface area contributed by atoms with Crippen molar-refractivity contribution in [3.8, 4) is 0 Å². The van der Waals surface area contributed by atoms with Crippen molar-refractivity contribution in [2.75, 3.05) is 0 Å². The minimum absolute atomic E-state index is 0.231. The first-order chi connectivity index (χ1) is 6.07. The number of carbonyl (C=O) groups excluding carboxylic acids is 1. The fraction of sp³-hybridized carbons (Fsp3) is 0.333. The number of furan rings is 1. The molecule has 4 heteroatoms. The Morgan fingerprint density at radius 2 is 2.15 bits per heavy atom. The highest BCUT2D eigenvalue weighted by atomic mass is 16.4. The van der Waals surface area contributed by atoms with Crippen LogP contribution in [0.1, 0.15) is 24.4 Å². The molecule has 0 aliphatic carbocycles. The van der Waals surface area contributed by atoms with Gasteiger partial charge in [-0.3, -0.25) is 9.59 Å². The van der Waals surface area contributed by atoms with Crippen LogP contribution in [0, 0.1) is 5.92 Å². The maximum absolute atomic E-state index is 9.77. The van der Waals surface area contributed by atoms with E-state index < -0.39 is 5.97 Å². The monoisotopic (exact) mass is 184 g/mol. The summed E-state index contributed by atoms with van der Waals surface area (Å²) in [5, 5.41) is 7.99. The van der Waals surface area contributed by atoms with Crippen LogP contribution in [0.5, 0.6) is 0 Å². The molecule has 4 nitrogen and oxygen atoms in total. The molecular formula is C9H12O4. The van der Waals surface area contributed by atoms with E-state index in [0.29, 0.717) is 12.0 Å². The standard InChI is InChI=1S/C5H4O2.C4H8O2/c6-4-5-2-1-3-7-5;1-3(2)4(5)6/h1-4H;3H,1-2H3,(H,5,6). The highest BCUT2D eigenvalue weighted by molar-refractivity contribution is 5.70. The lowest BCUT2D eigenvalue weighted by atomic mass is 10.2. The second-order valence-corrected chi connectivity index (χ2v) is 2.63. The summed E-state index contributed by atoms with van der Waals surface area (Å²) in [6.07, 6.45) is 2.13. The number of rotatable bonds is 2. The number of hydrogen-bond donors (Lipinski definition) is 1. The van der Waals surface area contributed by atoms with Crippen molar-refractivity contribution in [3.63, 3.8) is 0 Å². The van der Waals surface area contributed by atoms with Crippen molar-refractivity contribution in [3.05, 3.63) is 24.2 Å². The number of carbonyl (C=O) groups is 2. The van der Waals surface area contributed by atoms with Crippen molar-refractivity contribution in [2.45, 2.75) is 13.8 Å². The maximum atomic E-state index is 9.77. The van der Waals surface area contributed by atoms with Gasteiger partial charge in [-0.25, -0.2) is 0 Å². The van der Waals surface area contributed by atoms with Gasteiger partial charge in [0.2, 0.25) is 0 Å². The van der Waals surface area contributed by atoms with Crippen LogP contribution in [-0.4, -0.2) is 17.4 Å². The molecule has 0 radical (unpaired) electrons. The largest absolute Gasteiger partial charge is 0.481 e. The predicted octanol–water partition coefficient (Wildman–Crippen LogP) is 1.82. The molecule has 0 amide bonds. The molecule has 0 saturated carbocycles. The second kappa shape index (κ2) is 5.99. The molecule has 1 heterocycles. The van der Waals surface area contributed by atoms with Crippen LogP contribution >= 0.6 is 0 Å². The van der Waals surface area contributed by atoms with Gasteiger partial charge in [0.05, 0.1) is 12.2 Å². The first-order valence-corrected chi connectivity index (χ1v) is 3.79. The topological polar surface area (TPSA) is 67.5 Å². The Morgan fingerprint density at radius 1 is 1.62 bits per heavy atom. The summed E-state index contributed by atoms with van der Waals surface area (Å²) >= 11 is 0. The minimum Gasteiger partial charge on any atom is -0.481 e. The number of carboxylic acid groups (broad SMARTS) is 1. The van der Waals surface area contributed by atoms with Gasteiger partial charge in [0.25, 0.3) is 0 Å². The maximum Gasteiger partial charge on any atom is 0.305 e. The number of carboxylic acids is 1. The fourth-order valence-corrected chi connectivity index (χ4v) is 0.358. The lowest BCUT2D eigenvalue weighted by molar-refractivity contribution is -0.140. The Kier molecular flexibility index (Phi) is 5.27. The zero-order valence-corrected chi connectivity index (χ0v) is 7.56. The van der Waals surface area contributed by atoms with Crippen molar-refractivity contribution < 1.29 is 19.1 Å². The molecule has 0 fully saturated rings. The van der Waals surface area contributed by atoms with Crippen LogP contribution in [-0.2, 0) is 4.79 Å². The van der Waals surface area contributed by atoms with E-state index in [1.807, 2.05) is 0 Å². The Morgan fingerprint density at radius 3 is 2.31 bits per heavy atom. The normalized spacial score (nSPS) is 8.85. The fourth-order valence-electron chi connectivity index (χ4n) is 0.358. The Labute approximate surface area is 76.2 Å². The van der Waals surface area contributed by atoms with E-state index in [4.69, 9.17) is 5.11 Å². The number of aldehydes is 1. The molecule has 1 aromatic heterocycles. The first kappa shape index (κ1) is 11.4. The van der Waals surface area contributed by atoms with Gasteiger partial charge in [0.1, 0.15) is 0 Å². The molecule has 0 saturated heterocycles. The SMILES string of the molecule is CC(C)C(=O)O.O=Cc1ccco1. The van der Waals surface area contributed by atoms with Gasteiger partial charge in [0.15, 0.2) is 12.0 Å². The summed E-state index contributed by atoms with van der Waals surface area (Å²) in [4.78, 5) is 19.5. The first-order valence-electron chi connectivity index (χ1n) is 3.79. The van der Waals surface area contributed by atoms with Crippen molar-refractivity contribution in [1.29, 1.82) is 0 Å². The molecule has 13 heavy (non-hydrogen) atoms. The van der Waals surface area contributed by atoms with Gasteiger partial charge in [-0.1, -0.05) is 13.8 Å². The molecule has 0 aromatic carbocycles. The third kappa shape index (κ3) is 5.66. The summed E-state index contributed by atoms with van der Waals surface area (Å²) in [6, 6.07) is 3.27. The molecule has 1 aromatic rings. The van der Waals surface area contributed by atoms with Gasteiger partial charge in [-0.15, -0.1) is 0 Å².